The summed E-state index contributed by atoms with van der Waals surface area (Å²) in [5, 5.41) is 3.93. The Kier molecular flexibility index (Phi) is 4.09. The molecule has 1 saturated carbocycles. The first kappa shape index (κ1) is 14.6. The summed E-state index contributed by atoms with van der Waals surface area (Å²) in [6.45, 7) is 3.78. The van der Waals surface area contributed by atoms with Crippen LogP contribution in [-0.4, -0.2) is 11.9 Å². The Hall–Kier alpha value is -0.770. The van der Waals surface area contributed by atoms with E-state index in [1.54, 1.807) is 12.1 Å². The van der Waals surface area contributed by atoms with E-state index in [1.807, 2.05) is 13.8 Å². The smallest absolute Gasteiger partial charge is 0.231 e. The highest BCUT2D eigenvalue weighted by Crippen LogP contribution is 2.38. The number of carbonyl (C=O) groups is 1. The van der Waals surface area contributed by atoms with E-state index < -0.39 is 5.41 Å². The van der Waals surface area contributed by atoms with Crippen LogP contribution in [0.1, 0.15) is 31.7 Å². The molecule has 1 aliphatic carbocycles. The molecule has 3 nitrogen and oxygen atoms in total. The van der Waals surface area contributed by atoms with Gasteiger partial charge in [-0.15, -0.1) is 0 Å². The second-order valence-electron chi connectivity index (χ2n) is 5.45. The van der Waals surface area contributed by atoms with Crippen molar-refractivity contribution in [1.29, 1.82) is 0 Å². The first-order chi connectivity index (χ1) is 8.84. The van der Waals surface area contributed by atoms with E-state index in [0.717, 1.165) is 24.8 Å². The Morgan fingerprint density at radius 2 is 2.11 bits per heavy atom. The zero-order valence-corrected chi connectivity index (χ0v) is 12.6. The average Bonchev–Trinajstić information content (AvgIpc) is 2.68. The molecule has 2 unspecified atom stereocenters. The SMILES string of the molecule is Cc1cc(Cl)c(NC(=O)C2(C)CCCC2N)cc1Cl. The second-order valence-corrected chi connectivity index (χ2v) is 6.27. The highest BCUT2D eigenvalue weighted by molar-refractivity contribution is 6.36. The lowest BCUT2D eigenvalue weighted by molar-refractivity contribution is -0.125. The van der Waals surface area contributed by atoms with Crippen LogP contribution in [0.3, 0.4) is 0 Å². The van der Waals surface area contributed by atoms with Gasteiger partial charge >= 0.3 is 0 Å². The van der Waals surface area contributed by atoms with Gasteiger partial charge in [0.05, 0.1) is 16.1 Å². The molecule has 0 heterocycles. The third-order valence-corrected chi connectivity index (χ3v) is 4.76. The maximum atomic E-state index is 12.4. The van der Waals surface area contributed by atoms with Crippen molar-refractivity contribution in [3.05, 3.63) is 27.7 Å². The van der Waals surface area contributed by atoms with Crippen LogP contribution in [0, 0.1) is 12.3 Å². The first-order valence-electron chi connectivity index (χ1n) is 6.37. The van der Waals surface area contributed by atoms with E-state index in [4.69, 9.17) is 28.9 Å². The van der Waals surface area contributed by atoms with Crippen LogP contribution in [-0.2, 0) is 4.79 Å². The van der Waals surface area contributed by atoms with Gasteiger partial charge in [-0.05, 0) is 44.4 Å². The van der Waals surface area contributed by atoms with Gasteiger partial charge in [0.2, 0.25) is 5.91 Å². The summed E-state index contributed by atoms with van der Waals surface area (Å²) >= 11 is 12.2. The van der Waals surface area contributed by atoms with Crippen LogP contribution in [0.15, 0.2) is 12.1 Å². The molecule has 3 N–H and O–H groups in total. The molecule has 1 fully saturated rings. The van der Waals surface area contributed by atoms with Gasteiger partial charge in [-0.1, -0.05) is 29.6 Å². The van der Waals surface area contributed by atoms with Crippen LogP contribution in [0.25, 0.3) is 0 Å². The normalized spacial score (nSPS) is 26.5. The molecule has 1 amide bonds. The van der Waals surface area contributed by atoms with E-state index in [1.165, 1.54) is 0 Å². The molecule has 19 heavy (non-hydrogen) atoms. The predicted molar refractivity (Wildman–Crippen MR) is 79.8 cm³/mol. The summed E-state index contributed by atoms with van der Waals surface area (Å²) in [6.07, 6.45) is 2.66. The number of anilines is 1. The average molecular weight is 301 g/mol. The maximum Gasteiger partial charge on any atom is 0.231 e. The first-order valence-corrected chi connectivity index (χ1v) is 7.13. The number of aryl methyl sites for hydroxylation is 1. The van der Waals surface area contributed by atoms with Crippen molar-refractivity contribution in [3.8, 4) is 0 Å². The Balaban J connectivity index is 2.22. The maximum absolute atomic E-state index is 12.4. The molecule has 2 atom stereocenters. The van der Waals surface area contributed by atoms with E-state index in [9.17, 15) is 4.79 Å². The van der Waals surface area contributed by atoms with Crippen molar-refractivity contribution in [3.63, 3.8) is 0 Å². The number of hydrogen-bond acceptors (Lipinski definition) is 2. The highest BCUT2D eigenvalue weighted by Gasteiger charge is 2.43. The molecular formula is C14H18Cl2N2O. The summed E-state index contributed by atoms with van der Waals surface area (Å²) in [7, 11) is 0. The molecule has 2 rings (SSSR count). The van der Waals surface area contributed by atoms with Crippen LogP contribution in [0.5, 0.6) is 0 Å². The summed E-state index contributed by atoms with van der Waals surface area (Å²) in [5.41, 5.74) is 6.94. The number of carbonyl (C=O) groups excluding carboxylic acids is 1. The fourth-order valence-electron chi connectivity index (χ4n) is 2.48. The largest absolute Gasteiger partial charge is 0.327 e. The Morgan fingerprint density at radius 1 is 1.42 bits per heavy atom. The summed E-state index contributed by atoms with van der Waals surface area (Å²) in [4.78, 5) is 12.4. The van der Waals surface area contributed by atoms with Gasteiger partial charge in [-0.2, -0.15) is 0 Å². The zero-order chi connectivity index (χ0) is 14.2. The minimum absolute atomic E-state index is 0.0840. The Morgan fingerprint density at radius 3 is 2.68 bits per heavy atom. The molecule has 0 radical (unpaired) electrons. The van der Waals surface area contributed by atoms with Crippen molar-refractivity contribution in [2.75, 3.05) is 5.32 Å². The van der Waals surface area contributed by atoms with Crippen LogP contribution >= 0.6 is 23.2 Å². The highest BCUT2D eigenvalue weighted by atomic mass is 35.5. The third kappa shape index (κ3) is 2.73. The summed E-state index contributed by atoms with van der Waals surface area (Å²) in [6, 6.07) is 3.32. The number of benzene rings is 1. The van der Waals surface area contributed by atoms with Crippen LogP contribution < -0.4 is 11.1 Å². The fourth-order valence-corrected chi connectivity index (χ4v) is 2.91. The lowest BCUT2D eigenvalue weighted by Crippen LogP contribution is -2.44. The molecule has 0 spiro atoms. The van der Waals surface area contributed by atoms with E-state index >= 15 is 0 Å². The van der Waals surface area contributed by atoms with Crippen LogP contribution in [0.4, 0.5) is 5.69 Å². The van der Waals surface area contributed by atoms with E-state index in [0.29, 0.717) is 15.7 Å². The summed E-state index contributed by atoms with van der Waals surface area (Å²) in [5.74, 6) is -0.0840. The Bertz CT molecular complexity index is 518. The number of nitrogens with one attached hydrogen (secondary N) is 1. The molecule has 5 heteroatoms. The number of amides is 1. The minimum Gasteiger partial charge on any atom is -0.327 e. The molecule has 1 aromatic rings. The molecule has 0 aromatic heterocycles. The molecule has 0 aliphatic heterocycles. The minimum atomic E-state index is -0.527. The Labute approximate surface area is 123 Å². The number of rotatable bonds is 2. The van der Waals surface area contributed by atoms with E-state index in [-0.39, 0.29) is 11.9 Å². The standard InChI is InChI=1S/C14H18Cl2N2O/c1-8-6-10(16)11(7-9(8)15)18-13(19)14(2)5-3-4-12(14)17/h6-7,12H,3-5,17H2,1-2H3,(H,18,19). The van der Waals surface area contributed by atoms with Gasteiger partial charge in [-0.3, -0.25) is 4.79 Å². The number of halogens is 2. The second kappa shape index (κ2) is 5.31. The predicted octanol–water partition coefficient (Wildman–Crippen LogP) is 3.76. The van der Waals surface area contributed by atoms with Crippen molar-refractivity contribution < 1.29 is 4.79 Å². The molecule has 1 aliphatic rings. The topological polar surface area (TPSA) is 55.1 Å². The fraction of sp³-hybridized carbons (Fsp3) is 0.500. The molecular weight excluding hydrogens is 283 g/mol. The van der Waals surface area contributed by atoms with Crippen molar-refractivity contribution in [2.24, 2.45) is 11.1 Å². The lowest BCUT2D eigenvalue weighted by Gasteiger charge is -2.27. The van der Waals surface area contributed by atoms with Gasteiger partial charge in [0.1, 0.15) is 0 Å². The quantitative estimate of drug-likeness (QED) is 0.874. The van der Waals surface area contributed by atoms with Gasteiger partial charge < -0.3 is 11.1 Å². The number of hydrogen-bond donors (Lipinski definition) is 2. The van der Waals surface area contributed by atoms with Gasteiger partial charge in [0, 0.05) is 11.1 Å². The molecule has 1 aromatic carbocycles. The summed E-state index contributed by atoms with van der Waals surface area (Å²) < 4.78 is 0. The van der Waals surface area contributed by atoms with Crippen molar-refractivity contribution >= 4 is 34.8 Å². The number of nitrogens with two attached hydrogens (primary N) is 1. The van der Waals surface area contributed by atoms with Gasteiger partial charge in [0.15, 0.2) is 0 Å². The third-order valence-electron chi connectivity index (χ3n) is 4.04. The van der Waals surface area contributed by atoms with Gasteiger partial charge in [-0.25, -0.2) is 0 Å². The van der Waals surface area contributed by atoms with Crippen molar-refractivity contribution in [2.45, 2.75) is 39.2 Å². The molecule has 0 bridgehead atoms. The molecule has 104 valence electrons. The van der Waals surface area contributed by atoms with Gasteiger partial charge in [0.25, 0.3) is 0 Å². The monoisotopic (exact) mass is 300 g/mol. The lowest BCUT2D eigenvalue weighted by atomic mass is 9.84. The van der Waals surface area contributed by atoms with E-state index in [2.05, 4.69) is 5.32 Å². The zero-order valence-electron chi connectivity index (χ0n) is 11.1. The van der Waals surface area contributed by atoms with Crippen molar-refractivity contribution in [1.82, 2.24) is 0 Å². The molecule has 0 saturated heterocycles. The van der Waals surface area contributed by atoms with Crippen LogP contribution in [0.2, 0.25) is 10.0 Å².